The molecule has 0 atom stereocenters. The van der Waals surface area contributed by atoms with Crippen LogP contribution in [0.25, 0.3) is 19.5 Å². The van der Waals surface area contributed by atoms with E-state index in [2.05, 4.69) is 39.8 Å². The topological polar surface area (TPSA) is 37.4 Å². The van der Waals surface area contributed by atoms with Gasteiger partial charge in [0.05, 0.1) is 16.0 Å². The van der Waals surface area contributed by atoms with Crippen molar-refractivity contribution in [2.45, 2.75) is 168 Å². The zero-order chi connectivity index (χ0) is 33.4. The predicted molar refractivity (Wildman–Crippen MR) is 206 cm³/mol. The Morgan fingerprint density at radius 2 is 1.04 bits per heavy atom. The molecule has 0 N–H and O–H groups in total. The van der Waals surface area contributed by atoms with Gasteiger partial charge < -0.3 is 0 Å². The molecule has 2 amide bonds. The van der Waals surface area contributed by atoms with Crippen molar-refractivity contribution >= 4 is 45.8 Å². The molecule has 3 aromatic rings. The fourth-order valence-electron chi connectivity index (χ4n) is 8.08. The van der Waals surface area contributed by atoms with Gasteiger partial charge in [-0.05, 0) is 56.4 Å². The summed E-state index contributed by atoms with van der Waals surface area (Å²) in [5, 5.41) is 0. The van der Waals surface area contributed by atoms with Crippen LogP contribution >= 0.6 is 34.0 Å². The standard InChI is InChI=1S/C41H59NO2S3/c1-6-9-12-15-18-21-24-41(25-22-19-16-13-10-7-2)31-27-29(4)45-36(31)37-32(41)28-33(47-37)38-35-34(30(5)46-38)39(43)42(40(35)44)26-23-20-17-14-11-8-3/h27-28H,6-26H2,1-5H3. The van der Waals surface area contributed by atoms with Gasteiger partial charge in [0.1, 0.15) is 0 Å². The number of aryl methyl sites for hydroxylation is 2. The number of fused-ring (bicyclic) bond motifs is 4. The fraction of sp³-hybridized carbons (Fsp3) is 0.659. The Labute approximate surface area is 297 Å². The molecule has 0 spiro atoms. The Hall–Kier alpha value is -1.76. The van der Waals surface area contributed by atoms with E-state index in [4.69, 9.17) is 0 Å². The highest BCUT2D eigenvalue weighted by Gasteiger charge is 2.46. The molecule has 3 aromatic heterocycles. The molecule has 2 aliphatic rings. The Balaban J connectivity index is 1.43. The lowest BCUT2D eigenvalue weighted by molar-refractivity contribution is 0.0651. The first kappa shape index (κ1) is 36.5. The van der Waals surface area contributed by atoms with Crippen molar-refractivity contribution in [2.75, 3.05) is 6.54 Å². The SMILES string of the molecule is CCCCCCCCN1C(=O)c2c(C)sc(-c3cc4c(s3)-c3sc(C)cc3C4(CCCCCCCC)CCCCCCCC)c2C1=O. The number of imide groups is 1. The Morgan fingerprint density at radius 3 is 1.64 bits per heavy atom. The number of nitrogens with zero attached hydrogens (tertiary/aromatic N) is 1. The number of hydrogen-bond donors (Lipinski definition) is 0. The van der Waals surface area contributed by atoms with Crippen molar-refractivity contribution in [3.8, 4) is 19.5 Å². The van der Waals surface area contributed by atoms with Crippen LogP contribution in [-0.2, 0) is 5.41 Å². The van der Waals surface area contributed by atoms with Crippen molar-refractivity contribution in [1.29, 1.82) is 0 Å². The van der Waals surface area contributed by atoms with Crippen LogP contribution in [0.4, 0.5) is 0 Å². The Kier molecular flexibility index (Phi) is 13.4. The van der Waals surface area contributed by atoms with E-state index in [1.54, 1.807) is 21.8 Å². The van der Waals surface area contributed by atoms with Gasteiger partial charge in [0.2, 0.25) is 0 Å². The molecule has 5 rings (SSSR count). The molecule has 1 aliphatic heterocycles. The molecule has 0 saturated heterocycles. The summed E-state index contributed by atoms with van der Waals surface area (Å²) in [5.41, 5.74) is 4.52. The van der Waals surface area contributed by atoms with Gasteiger partial charge in [-0.25, -0.2) is 0 Å². The molecule has 0 radical (unpaired) electrons. The number of hydrogen-bond acceptors (Lipinski definition) is 5. The van der Waals surface area contributed by atoms with Crippen LogP contribution in [0.5, 0.6) is 0 Å². The molecule has 0 fully saturated rings. The van der Waals surface area contributed by atoms with Crippen molar-refractivity contribution in [3.63, 3.8) is 0 Å². The molecule has 6 heteroatoms. The summed E-state index contributed by atoms with van der Waals surface area (Å²) in [4.78, 5) is 36.6. The molecule has 0 saturated carbocycles. The first-order valence-electron chi connectivity index (χ1n) is 19.1. The Morgan fingerprint density at radius 1 is 0.553 bits per heavy atom. The van der Waals surface area contributed by atoms with E-state index in [1.165, 1.54) is 141 Å². The third-order valence-corrected chi connectivity index (χ3v) is 14.3. The minimum atomic E-state index is -0.0701. The molecular formula is C41H59NO2S3. The van der Waals surface area contributed by atoms with E-state index in [1.807, 2.05) is 29.6 Å². The minimum absolute atomic E-state index is 0.0652. The maximum absolute atomic E-state index is 13.9. The van der Waals surface area contributed by atoms with Gasteiger partial charge in [-0.1, -0.05) is 130 Å². The van der Waals surface area contributed by atoms with Crippen LogP contribution in [0.15, 0.2) is 12.1 Å². The number of carbonyl (C=O) groups excluding carboxylic acids is 2. The van der Waals surface area contributed by atoms with E-state index >= 15 is 0 Å². The summed E-state index contributed by atoms with van der Waals surface area (Å²) in [5.74, 6) is -0.135. The van der Waals surface area contributed by atoms with Gasteiger partial charge in [-0.15, -0.1) is 34.0 Å². The van der Waals surface area contributed by atoms with E-state index in [0.717, 1.165) is 22.6 Å². The van der Waals surface area contributed by atoms with E-state index in [-0.39, 0.29) is 17.2 Å². The van der Waals surface area contributed by atoms with E-state index in [0.29, 0.717) is 17.7 Å². The lowest BCUT2D eigenvalue weighted by Gasteiger charge is -2.31. The normalized spacial score (nSPS) is 14.8. The van der Waals surface area contributed by atoms with Gasteiger partial charge in [-0.3, -0.25) is 14.5 Å². The number of unbranched alkanes of at least 4 members (excludes halogenated alkanes) is 15. The van der Waals surface area contributed by atoms with Crippen molar-refractivity contribution in [3.05, 3.63) is 44.1 Å². The number of rotatable bonds is 22. The molecule has 47 heavy (non-hydrogen) atoms. The van der Waals surface area contributed by atoms with Gasteiger partial charge in [0.15, 0.2) is 0 Å². The second kappa shape index (κ2) is 17.3. The summed E-state index contributed by atoms with van der Waals surface area (Å²) in [6.45, 7) is 11.7. The zero-order valence-electron chi connectivity index (χ0n) is 30.0. The maximum atomic E-state index is 13.9. The predicted octanol–water partition coefficient (Wildman–Crippen LogP) is 13.9. The lowest BCUT2D eigenvalue weighted by atomic mass is 9.71. The van der Waals surface area contributed by atoms with Crippen LogP contribution in [-0.4, -0.2) is 23.3 Å². The first-order valence-corrected chi connectivity index (χ1v) is 21.6. The van der Waals surface area contributed by atoms with Crippen LogP contribution in [0, 0.1) is 13.8 Å². The third-order valence-electron chi connectivity index (χ3n) is 10.7. The average Bonchev–Trinajstić information content (AvgIpc) is 3.84. The summed E-state index contributed by atoms with van der Waals surface area (Å²) in [6, 6.07) is 4.98. The van der Waals surface area contributed by atoms with Gasteiger partial charge in [0, 0.05) is 36.3 Å². The van der Waals surface area contributed by atoms with Crippen LogP contribution in [0.1, 0.15) is 191 Å². The molecule has 3 nitrogen and oxygen atoms in total. The molecule has 0 bridgehead atoms. The third kappa shape index (κ3) is 7.86. The summed E-state index contributed by atoms with van der Waals surface area (Å²) in [6.07, 6.45) is 25.1. The second-order valence-electron chi connectivity index (χ2n) is 14.3. The monoisotopic (exact) mass is 693 g/mol. The van der Waals surface area contributed by atoms with E-state index < -0.39 is 0 Å². The lowest BCUT2D eigenvalue weighted by Crippen LogP contribution is -2.31. The average molecular weight is 694 g/mol. The molecule has 0 unspecified atom stereocenters. The van der Waals surface area contributed by atoms with Gasteiger partial charge >= 0.3 is 0 Å². The molecule has 4 heterocycles. The highest BCUT2D eigenvalue weighted by molar-refractivity contribution is 7.27. The fourth-order valence-corrected chi connectivity index (χ4v) is 11.9. The van der Waals surface area contributed by atoms with Crippen LogP contribution < -0.4 is 0 Å². The molecule has 0 aromatic carbocycles. The van der Waals surface area contributed by atoms with Gasteiger partial charge in [0.25, 0.3) is 11.8 Å². The minimum Gasteiger partial charge on any atom is -0.274 e. The highest BCUT2D eigenvalue weighted by atomic mass is 32.1. The highest BCUT2D eigenvalue weighted by Crippen LogP contribution is 2.61. The van der Waals surface area contributed by atoms with E-state index in [9.17, 15) is 9.59 Å². The van der Waals surface area contributed by atoms with Gasteiger partial charge in [-0.2, -0.15) is 0 Å². The molecular weight excluding hydrogens is 635 g/mol. The van der Waals surface area contributed by atoms with Crippen molar-refractivity contribution < 1.29 is 9.59 Å². The second-order valence-corrected chi connectivity index (χ2v) is 17.9. The van der Waals surface area contributed by atoms with Crippen molar-refractivity contribution in [1.82, 2.24) is 4.90 Å². The summed E-state index contributed by atoms with van der Waals surface area (Å²) < 4.78 is 0. The number of amides is 2. The largest absolute Gasteiger partial charge is 0.274 e. The first-order chi connectivity index (χ1) is 22.9. The summed E-state index contributed by atoms with van der Waals surface area (Å²) >= 11 is 5.51. The number of thiophene rings is 3. The smallest absolute Gasteiger partial charge is 0.263 e. The Bertz CT molecular complexity index is 1470. The van der Waals surface area contributed by atoms with Crippen LogP contribution in [0.3, 0.4) is 0 Å². The zero-order valence-corrected chi connectivity index (χ0v) is 32.4. The molecule has 1 aliphatic carbocycles. The van der Waals surface area contributed by atoms with Crippen LogP contribution in [0.2, 0.25) is 0 Å². The summed E-state index contributed by atoms with van der Waals surface area (Å²) in [7, 11) is 0. The maximum Gasteiger partial charge on any atom is 0.263 e. The quantitative estimate of drug-likeness (QED) is 0.0776. The number of carbonyl (C=O) groups is 2. The van der Waals surface area contributed by atoms with Crippen molar-refractivity contribution in [2.24, 2.45) is 0 Å². The molecule has 258 valence electrons.